The van der Waals surface area contributed by atoms with E-state index in [0.717, 1.165) is 11.4 Å². The van der Waals surface area contributed by atoms with E-state index in [2.05, 4.69) is 22.1 Å². The third-order valence-corrected chi connectivity index (χ3v) is 1.34. The van der Waals surface area contributed by atoms with Gasteiger partial charge in [-0.25, -0.2) is 0 Å². The zero-order valence-electron chi connectivity index (χ0n) is 8.46. The Hall–Kier alpha value is -1.51. The number of aromatic nitrogens is 2. The lowest BCUT2D eigenvalue weighted by Gasteiger charge is -2.01. The molecule has 72 valence electrons. The van der Waals surface area contributed by atoms with Crippen LogP contribution in [0, 0.1) is 0 Å². The normalized spacial score (nSPS) is 9.92. The van der Waals surface area contributed by atoms with Crippen molar-refractivity contribution >= 4 is 5.70 Å². The van der Waals surface area contributed by atoms with Crippen LogP contribution in [0.5, 0.6) is 0 Å². The first kappa shape index (κ1) is 11.5. The zero-order chi connectivity index (χ0) is 10.1. The van der Waals surface area contributed by atoms with E-state index in [-0.39, 0.29) is 0 Å². The van der Waals surface area contributed by atoms with Crippen LogP contribution in [0.3, 0.4) is 0 Å². The largest absolute Gasteiger partial charge is 0.361 e. The molecular formula is C10H17N3. The number of aromatic amines is 1. The Morgan fingerprint density at radius 2 is 2.31 bits per heavy atom. The van der Waals surface area contributed by atoms with Crippen LogP contribution in [0.4, 0.5) is 0 Å². The summed E-state index contributed by atoms with van der Waals surface area (Å²) in [5.74, 6) is 0. The molecule has 1 aromatic heterocycles. The van der Waals surface area contributed by atoms with Gasteiger partial charge in [-0.15, -0.1) is 0 Å². The van der Waals surface area contributed by atoms with Gasteiger partial charge in [0.05, 0.1) is 11.4 Å². The highest BCUT2D eigenvalue weighted by Crippen LogP contribution is 2.05. The molecular weight excluding hydrogens is 162 g/mol. The molecule has 0 bridgehead atoms. The molecule has 3 heteroatoms. The Labute approximate surface area is 79.6 Å². The Morgan fingerprint density at radius 1 is 1.62 bits per heavy atom. The monoisotopic (exact) mass is 179 g/mol. The van der Waals surface area contributed by atoms with E-state index < -0.39 is 0 Å². The summed E-state index contributed by atoms with van der Waals surface area (Å²) in [6.07, 6.45) is 5.30. The van der Waals surface area contributed by atoms with Crippen LogP contribution in [-0.4, -0.2) is 10.2 Å². The molecule has 0 atom stereocenters. The number of hydrogen-bond acceptors (Lipinski definition) is 2. The van der Waals surface area contributed by atoms with Gasteiger partial charge in [0, 0.05) is 6.20 Å². The maximum absolute atomic E-state index is 3.83. The van der Waals surface area contributed by atoms with Crippen LogP contribution in [0.15, 0.2) is 31.1 Å². The highest BCUT2D eigenvalue weighted by Gasteiger charge is 1.96. The lowest BCUT2D eigenvalue weighted by Crippen LogP contribution is -2.02. The summed E-state index contributed by atoms with van der Waals surface area (Å²) in [6, 6.07) is 1.89. The molecule has 0 aliphatic carbocycles. The maximum Gasteiger partial charge on any atom is 0.0809 e. The molecule has 0 amide bonds. The van der Waals surface area contributed by atoms with Crippen LogP contribution < -0.4 is 5.32 Å². The fourth-order valence-electron chi connectivity index (χ4n) is 0.832. The average Bonchev–Trinajstić information content (AvgIpc) is 2.70. The third kappa shape index (κ3) is 3.60. The Kier molecular flexibility index (Phi) is 6.32. The summed E-state index contributed by atoms with van der Waals surface area (Å²) < 4.78 is 0. The van der Waals surface area contributed by atoms with Crippen molar-refractivity contribution in [3.63, 3.8) is 0 Å². The summed E-state index contributed by atoms with van der Waals surface area (Å²) in [7, 11) is 0. The van der Waals surface area contributed by atoms with Gasteiger partial charge in [0.15, 0.2) is 0 Å². The van der Waals surface area contributed by atoms with Gasteiger partial charge in [-0.3, -0.25) is 5.10 Å². The minimum atomic E-state index is 0.965. The van der Waals surface area contributed by atoms with E-state index in [9.17, 15) is 0 Å². The quantitative estimate of drug-likeness (QED) is 0.748. The second-order valence-electron chi connectivity index (χ2n) is 2.02. The van der Waals surface area contributed by atoms with E-state index in [4.69, 9.17) is 0 Å². The lowest BCUT2D eigenvalue weighted by atomic mass is 10.3. The van der Waals surface area contributed by atoms with Gasteiger partial charge in [-0.2, -0.15) is 5.10 Å². The third-order valence-electron chi connectivity index (χ3n) is 1.34. The molecule has 2 N–H and O–H groups in total. The summed E-state index contributed by atoms with van der Waals surface area (Å²) in [6.45, 7) is 9.52. The molecule has 0 spiro atoms. The van der Waals surface area contributed by atoms with Crippen molar-refractivity contribution in [1.82, 2.24) is 15.5 Å². The summed E-state index contributed by atoms with van der Waals surface area (Å²) in [5, 5.41) is 9.67. The van der Waals surface area contributed by atoms with Gasteiger partial charge in [0.1, 0.15) is 0 Å². The van der Waals surface area contributed by atoms with Crippen LogP contribution >= 0.6 is 0 Å². The molecule has 1 aromatic rings. The van der Waals surface area contributed by atoms with E-state index in [1.807, 2.05) is 32.9 Å². The Morgan fingerprint density at radius 3 is 2.69 bits per heavy atom. The van der Waals surface area contributed by atoms with Crippen LogP contribution in [0.2, 0.25) is 0 Å². The van der Waals surface area contributed by atoms with E-state index in [1.165, 1.54) is 0 Å². The number of nitrogens with one attached hydrogen (secondary N) is 2. The molecule has 0 radical (unpaired) electrons. The highest BCUT2D eigenvalue weighted by atomic mass is 15.1. The number of hydrogen-bond donors (Lipinski definition) is 2. The molecule has 13 heavy (non-hydrogen) atoms. The van der Waals surface area contributed by atoms with Crippen molar-refractivity contribution in [1.29, 1.82) is 0 Å². The fourth-order valence-corrected chi connectivity index (χ4v) is 0.832. The summed E-state index contributed by atoms with van der Waals surface area (Å²) in [5.41, 5.74) is 1.95. The molecule has 0 saturated carbocycles. The predicted molar refractivity (Wildman–Crippen MR) is 56.9 cm³/mol. The van der Waals surface area contributed by atoms with Gasteiger partial charge >= 0.3 is 0 Å². The maximum atomic E-state index is 3.83. The first-order valence-electron chi connectivity index (χ1n) is 4.42. The SMILES string of the molecule is C=CN/C(=C\C)c1ccn[nH]1.CC. The van der Waals surface area contributed by atoms with Crippen LogP contribution in [0.1, 0.15) is 26.5 Å². The number of H-pyrrole nitrogens is 1. The van der Waals surface area contributed by atoms with E-state index >= 15 is 0 Å². The molecule has 0 unspecified atom stereocenters. The summed E-state index contributed by atoms with van der Waals surface area (Å²) >= 11 is 0. The van der Waals surface area contributed by atoms with Gasteiger partial charge in [-0.1, -0.05) is 26.5 Å². The van der Waals surface area contributed by atoms with Gasteiger partial charge in [0.2, 0.25) is 0 Å². The standard InChI is InChI=1S/C8H11N3.C2H6/c1-3-7(9-4-2)8-5-6-10-11-8;1-2/h3-6,9H,2H2,1H3,(H,10,11);1-2H3/b7-3-;. The molecule has 0 aliphatic rings. The molecule has 1 heterocycles. The molecule has 0 saturated heterocycles. The van der Waals surface area contributed by atoms with Gasteiger partial charge in [0.25, 0.3) is 0 Å². The fraction of sp³-hybridized carbons (Fsp3) is 0.300. The van der Waals surface area contributed by atoms with Crippen LogP contribution in [0.25, 0.3) is 5.70 Å². The minimum absolute atomic E-state index is 0.965. The molecule has 0 aliphatic heterocycles. The van der Waals surface area contributed by atoms with Crippen molar-refractivity contribution in [2.45, 2.75) is 20.8 Å². The second kappa shape index (κ2) is 7.16. The number of nitrogens with zero attached hydrogens (tertiary/aromatic N) is 1. The molecule has 0 aromatic carbocycles. The average molecular weight is 179 g/mol. The lowest BCUT2D eigenvalue weighted by molar-refractivity contribution is 1.05. The van der Waals surface area contributed by atoms with Gasteiger partial charge in [-0.05, 0) is 19.2 Å². The van der Waals surface area contributed by atoms with Crippen molar-refractivity contribution in [3.8, 4) is 0 Å². The van der Waals surface area contributed by atoms with Crippen molar-refractivity contribution in [3.05, 3.63) is 36.8 Å². The first-order chi connectivity index (χ1) is 6.38. The van der Waals surface area contributed by atoms with Crippen LogP contribution in [-0.2, 0) is 0 Å². The first-order valence-corrected chi connectivity index (χ1v) is 4.42. The topological polar surface area (TPSA) is 40.7 Å². The molecule has 3 nitrogen and oxygen atoms in total. The smallest absolute Gasteiger partial charge is 0.0809 e. The summed E-state index contributed by atoms with van der Waals surface area (Å²) in [4.78, 5) is 0. The van der Waals surface area contributed by atoms with E-state index in [0.29, 0.717) is 0 Å². The second-order valence-corrected chi connectivity index (χ2v) is 2.02. The zero-order valence-corrected chi connectivity index (χ0v) is 8.46. The number of rotatable bonds is 3. The molecule has 1 rings (SSSR count). The predicted octanol–water partition coefficient (Wildman–Crippen LogP) is 2.53. The minimum Gasteiger partial charge on any atom is -0.361 e. The van der Waals surface area contributed by atoms with E-state index in [1.54, 1.807) is 12.4 Å². The van der Waals surface area contributed by atoms with Gasteiger partial charge < -0.3 is 5.32 Å². The Bertz CT molecular complexity index is 247. The van der Waals surface area contributed by atoms with Crippen molar-refractivity contribution in [2.75, 3.05) is 0 Å². The highest BCUT2D eigenvalue weighted by molar-refractivity contribution is 5.60. The molecule has 0 fully saturated rings. The Balaban J connectivity index is 0.000000671. The number of allylic oxidation sites excluding steroid dienone is 1. The van der Waals surface area contributed by atoms with Crippen molar-refractivity contribution in [2.24, 2.45) is 0 Å². The van der Waals surface area contributed by atoms with Crippen molar-refractivity contribution < 1.29 is 0 Å².